The van der Waals surface area contributed by atoms with Crippen LogP contribution in [0.4, 0.5) is 4.39 Å². The van der Waals surface area contributed by atoms with Gasteiger partial charge in [0, 0.05) is 19.2 Å². The molecule has 3 nitrogen and oxygen atoms in total. The van der Waals surface area contributed by atoms with Crippen molar-refractivity contribution in [1.82, 2.24) is 4.90 Å². The molecule has 0 spiro atoms. The minimum Gasteiger partial charge on any atom is -0.484 e. The van der Waals surface area contributed by atoms with Crippen LogP contribution in [-0.2, 0) is 11.3 Å². The van der Waals surface area contributed by atoms with Crippen molar-refractivity contribution in [3.8, 4) is 5.75 Å². The van der Waals surface area contributed by atoms with Crippen LogP contribution in [0.25, 0.3) is 0 Å². The van der Waals surface area contributed by atoms with Crippen molar-refractivity contribution in [2.24, 2.45) is 0 Å². The number of aryl methyl sites for hydroxylation is 2. The van der Waals surface area contributed by atoms with Crippen LogP contribution in [0.5, 0.6) is 5.75 Å². The SMILES string of the molecule is Cc1cc(C)cc(OCC(=O)N(C)Cc2ccccc2F)c1. The Morgan fingerprint density at radius 2 is 1.77 bits per heavy atom. The second kappa shape index (κ2) is 7.07. The molecule has 4 heteroatoms. The molecule has 0 N–H and O–H groups in total. The highest BCUT2D eigenvalue weighted by Gasteiger charge is 2.12. The van der Waals surface area contributed by atoms with Gasteiger partial charge in [-0.05, 0) is 43.2 Å². The zero-order chi connectivity index (χ0) is 16.1. The first-order valence-electron chi connectivity index (χ1n) is 7.14. The molecule has 22 heavy (non-hydrogen) atoms. The second-order valence-corrected chi connectivity index (χ2v) is 5.45. The lowest BCUT2D eigenvalue weighted by Gasteiger charge is -2.18. The molecule has 0 aliphatic heterocycles. The summed E-state index contributed by atoms with van der Waals surface area (Å²) in [6.07, 6.45) is 0. The molecular formula is C18H20FNO2. The summed E-state index contributed by atoms with van der Waals surface area (Å²) in [4.78, 5) is 13.5. The van der Waals surface area contributed by atoms with Gasteiger partial charge in [0.1, 0.15) is 11.6 Å². The number of carbonyl (C=O) groups is 1. The van der Waals surface area contributed by atoms with Gasteiger partial charge in [0.25, 0.3) is 5.91 Å². The van der Waals surface area contributed by atoms with Crippen molar-refractivity contribution in [3.63, 3.8) is 0 Å². The molecule has 0 heterocycles. The Labute approximate surface area is 130 Å². The van der Waals surface area contributed by atoms with Crippen molar-refractivity contribution >= 4 is 5.91 Å². The average molecular weight is 301 g/mol. The van der Waals surface area contributed by atoms with E-state index < -0.39 is 0 Å². The Morgan fingerprint density at radius 1 is 1.14 bits per heavy atom. The number of likely N-dealkylation sites (N-methyl/N-ethyl adjacent to an activating group) is 1. The van der Waals surface area contributed by atoms with E-state index in [0.717, 1.165) is 11.1 Å². The van der Waals surface area contributed by atoms with Crippen molar-refractivity contribution in [1.29, 1.82) is 0 Å². The van der Waals surface area contributed by atoms with Crippen LogP contribution in [-0.4, -0.2) is 24.5 Å². The summed E-state index contributed by atoms with van der Waals surface area (Å²) in [6.45, 7) is 4.12. The molecule has 1 amide bonds. The van der Waals surface area contributed by atoms with Crippen LogP contribution >= 0.6 is 0 Å². The summed E-state index contributed by atoms with van der Waals surface area (Å²) in [5, 5.41) is 0. The van der Waals surface area contributed by atoms with Crippen molar-refractivity contribution in [2.75, 3.05) is 13.7 Å². The summed E-state index contributed by atoms with van der Waals surface area (Å²) in [7, 11) is 1.64. The number of carbonyl (C=O) groups excluding carboxylic acids is 1. The third kappa shape index (κ3) is 4.32. The van der Waals surface area contributed by atoms with Gasteiger partial charge in [-0.25, -0.2) is 4.39 Å². The fourth-order valence-corrected chi connectivity index (χ4v) is 2.24. The van der Waals surface area contributed by atoms with Crippen LogP contribution in [0, 0.1) is 19.7 Å². The van der Waals surface area contributed by atoms with Crippen molar-refractivity contribution in [3.05, 3.63) is 65.0 Å². The van der Waals surface area contributed by atoms with E-state index in [0.29, 0.717) is 11.3 Å². The van der Waals surface area contributed by atoms with E-state index in [9.17, 15) is 9.18 Å². The molecule has 0 saturated heterocycles. The van der Waals surface area contributed by atoms with Gasteiger partial charge >= 0.3 is 0 Å². The van der Waals surface area contributed by atoms with E-state index in [-0.39, 0.29) is 24.9 Å². The molecule has 2 aromatic rings. The van der Waals surface area contributed by atoms with Gasteiger partial charge < -0.3 is 9.64 Å². The van der Waals surface area contributed by atoms with Crippen molar-refractivity contribution in [2.45, 2.75) is 20.4 Å². The summed E-state index contributed by atoms with van der Waals surface area (Å²) >= 11 is 0. The first kappa shape index (κ1) is 16.0. The summed E-state index contributed by atoms with van der Waals surface area (Å²) in [5.74, 6) is 0.171. The summed E-state index contributed by atoms with van der Waals surface area (Å²) < 4.78 is 19.1. The maximum absolute atomic E-state index is 13.6. The molecule has 116 valence electrons. The molecule has 0 aromatic heterocycles. The van der Waals surface area contributed by atoms with Gasteiger partial charge in [0.15, 0.2) is 6.61 Å². The molecule has 0 bridgehead atoms. The molecule has 0 fully saturated rings. The molecule has 0 saturated carbocycles. The normalized spacial score (nSPS) is 10.4. The molecule has 0 radical (unpaired) electrons. The molecular weight excluding hydrogens is 281 g/mol. The number of amides is 1. The van der Waals surface area contributed by atoms with Gasteiger partial charge in [-0.2, -0.15) is 0 Å². The van der Waals surface area contributed by atoms with Gasteiger partial charge in [-0.1, -0.05) is 24.3 Å². The smallest absolute Gasteiger partial charge is 0.260 e. The van der Waals surface area contributed by atoms with Crippen LogP contribution in [0.15, 0.2) is 42.5 Å². The topological polar surface area (TPSA) is 29.5 Å². The highest BCUT2D eigenvalue weighted by molar-refractivity contribution is 5.77. The van der Waals surface area contributed by atoms with Gasteiger partial charge in [0.2, 0.25) is 0 Å². The lowest BCUT2D eigenvalue weighted by molar-refractivity contribution is -0.132. The van der Waals surface area contributed by atoms with Gasteiger partial charge in [-0.15, -0.1) is 0 Å². The van der Waals surface area contributed by atoms with Crippen molar-refractivity contribution < 1.29 is 13.9 Å². The number of benzene rings is 2. The Bertz CT molecular complexity index is 650. The largest absolute Gasteiger partial charge is 0.484 e. The first-order valence-corrected chi connectivity index (χ1v) is 7.14. The minimum absolute atomic E-state index is 0.0617. The van der Waals surface area contributed by atoms with Crippen LogP contribution in [0.1, 0.15) is 16.7 Å². The zero-order valence-electron chi connectivity index (χ0n) is 13.1. The Morgan fingerprint density at radius 3 is 2.41 bits per heavy atom. The van der Waals surface area contributed by atoms with E-state index in [4.69, 9.17) is 4.74 Å². The number of nitrogens with zero attached hydrogens (tertiary/aromatic N) is 1. The van der Waals surface area contributed by atoms with Gasteiger partial charge in [-0.3, -0.25) is 4.79 Å². The number of rotatable bonds is 5. The maximum Gasteiger partial charge on any atom is 0.260 e. The average Bonchev–Trinajstić information content (AvgIpc) is 2.46. The number of hydrogen-bond acceptors (Lipinski definition) is 2. The third-order valence-electron chi connectivity index (χ3n) is 3.35. The van der Waals surface area contributed by atoms with E-state index >= 15 is 0 Å². The fourth-order valence-electron chi connectivity index (χ4n) is 2.24. The number of ether oxygens (including phenoxy) is 1. The highest BCUT2D eigenvalue weighted by Crippen LogP contribution is 2.16. The minimum atomic E-state index is -0.308. The molecule has 0 aliphatic rings. The predicted molar refractivity (Wildman–Crippen MR) is 84.3 cm³/mol. The third-order valence-corrected chi connectivity index (χ3v) is 3.35. The van der Waals surface area contributed by atoms with E-state index in [1.165, 1.54) is 11.0 Å². The Kier molecular flexibility index (Phi) is 5.15. The Balaban J connectivity index is 1.93. The summed E-state index contributed by atoms with van der Waals surface area (Å²) in [5.41, 5.74) is 2.66. The monoisotopic (exact) mass is 301 g/mol. The quantitative estimate of drug-likeness (QED) is 0.846. The lowest BCUT2D eigenvalue weighted by atomic mass is 10.1. The predicted octanol–water partition coefficient (Wildman–Crippen LogP) is 3.48. The summed E-state index contributed by atoms with van der Waals surface area (Å²) in [6, 6.07) is 12.3. The number of halogens is 1. The standard InChI is InChI=1S/C18H20FNO2/c1-13-8-14(2)10-16(9-13)22-12-18(21)20(3)11-15-6-4-5-7-17(15)19/h4-10H,11-12H2,1-3H3. The first-order chi connectivity index (χ1) is 10.5. The van der Waals surface area contributed by atoms with E-state index in [2.05, 4.69) is 0 Å². The second-order valence-electron chi connectivity index (χ2n) is 5.45. The van der Waals surface area contributed by atoms with Crippen LogP contribution < -0.4 is 4.74 Å². The van der Waals surface area contributed by atoms with Gasteiger partial charge in [0.05, 0.1) is 0 Å². The molecule has 2 aromatic carbocycles. The lowest BCUT2D eigenvalue weighted by Crippen LogP contribution is -2.31. The Hall–Kier alpha value is -2.36. The zero-order valence-corrected chi connectivity index (χ0v) is 13.1. The maximum atomic E-state index is 13.6. The molecule has 0 atom stereocenters. The molecule has 2 rings (SSSR count). The highest BCUT2D eigenvalue weighted by atomic mass is 19.1. The van der Waals surface area contributed by atoms with E-state index in [1.54, 1.807) is 25.2 Å². The van der Waals surface area contributed by atoms with E-state index in [1.807, 2.05) is 32.0 Å². The molecule has 0 aliphatic carbocycles. The fraction of sp³-hybridized carbons (Fsp3) is 0.278. The molecule has 0 unspecified atom stereocenters. The number of hydrogen-bond donors (Lipinski definition) is 0. The van der Waals surface area contributed by atoms with Crippen LogP contribution in [0.2, 0.25) is 0 Å². The van der Waals surface area contributed by atoms with Crippen LogP contribution in [0.3, 0.4) is 0 Å².